The Bertz CT molecular complexity index is 894. The van der Waals surface area contributed by atoms with Gasteiger partial charge in [-0.05, 0) is 24.3 Å². The van der Waals surface area contributed by atoms with Gasteiger partial charge in [0, 0.05) is 30.6 Å². The van der Waals surface area contributed by atoms with E-state index in [2.05, 4.69) is 5.16 Å². The Kier molecular flexibility index (Phi) is 4.67. The van der Waals surface area contributed by atoms with Crippen molar-refractivity contribution in [2.45, 2.75) is 12.8 Å². The maximum absolute atomic E-state index is 12.7. The molecule has 1 amide bonds. The van der Waals surface area contributed by atoms with Gasteiger partial charge in [-0.3, -0.25) is 9.59 Å². The van der Waals surface area contributed by atoms with Crippen LogP contribution in [0.25, 0.3) is 10.6 Å². The third kappa shape index (κ3) is 3.32. The van der Waals surface area contributed by atoms with Gasteiger partial charge >= 0.3 is 0 Å². The minimum atomic E-state index is -0.137. The fourth-order valence-corrected chi connectivity index (χ4v) is 3.93. The molecule has 0 unspecified atom stereocenters. The Morgan fingerprint density at radius 3 is 2.54 bits per heavy atom. The first kappa shape index (κ1) is 16.7. The SMILES string of the molecule is O=C(c1ccccc1)C1CCN(C(=O)c2cc(-c3cccs3)on2)CC1. The van der Waals surface area contributed by atoms with Crippen molar-refractivity contribution >= 4 is 23.0 Å². The van der Waals surface area contributed by atoms with Crippen LogP contribution >= 0.6 is 11.3 Å². The second kappa shape index (κ2) is 7.25. The molecule has 2 aromatic heterocycles. The number of aromatic nitrogens is 1. The molecular weight excluding hydrogens is 348 g/mol. The molecule has 1 aliphatic heterocycles. The van der Waals surface area contributed by atoms with Gasteiger partial charge in [0.1, 0.15) is 0 Å². The summed E-state index contributed by atoms with van der Waals surface area (Å²) in [4.78, 5) is 27.9. The number of piperidine rings is 1. The zero-order valence-electron chi connectivity index (χ0n) is 14.1. The molecule has 132 valence electrons. The summed E-state index contributed by atoms with van der Waals surface area (Å²) >= 11 is 1.54. The van der Waals surface area contributed by atoms with Crippen molar-refractivity contribution in [2.75, 3.05) is 13.1 Å². The second-order valence-electron chi connectivity index (χ2n) is 6.35. The Balaban J connectivity index is 1.39. The van der Waals surface area contributed by atoms with Crippen LogP contribution in [-0.2, 0) is 0 Å². The van der Waals surface area contributed by atoms with Crippen LogP contribution in [0.4, 0.5) is 0 Å². The van der Waals surface area contributed by atoms with Crippen LogP contribution in [-0.4, -0.2) is 34.8 Å². The van der Waals surface area contributed by atoms with Crippen molar-refractivity contribution in [1.82, 2.24) is 10.1 Å². The standard InChI is InChI=1S/C20H18N2O3S/c23-19(14-5-2-1-3-6-14)15-8-10-22(11-9-15)20(24)16-13-17(25-21-16)18-7-4-12-26-18/h1-7,12-13,15H,8-11H2. The van der Waals surface area contributed by atoms with Gasteiger partial charge in [-0.15, -0.1) is 11.3 Å². The van der Waals surface area contributed by atoms with E-state index >= 15 is 0 Å². The number of amides is 1. The smallest absolute Gasteiger partial charge is 0.276 e. The number of nitrogens with zero attached hydrogens (tertiary/aromatic N) is 2. The maximum atomic E-state index is 12.7. The molecule has 26 heavy (non-hydrogen) atoms. The molecule has 1 aliphatic rings. The summed E-state index contributed by atoms with van der Waals surface area (Å²) in [5, 5.41) is 5.87. The zero-order valence-corrected chi connectivity index (χ0v) is 14.9. The van der Waals surface area contributed by atoms with Gasteiger partial charge in [0.25, 0.3) is 5.91 Å². The molecule has 0 radical (unpaired) electrons. The summed E-state index contributed by atoms with van der Waals surface area (Å²) in [6.07, 6.45) is 1.35. The van der Waals surface area contributed by atoms with Crippen molar-refractivity contribution in [2.24, 2.45) is 5.92 Å². The third-order valence-electron chi connectivity index (χ3n) is 4.70. The monoisotopic (exact) mass is 366 g/mol. The van der Waals surface area contributed by atoms with E-state index in [9.17, 15) is 9.59 Å². The molecule has 0 atom stereocenters. The summed E-state index contributed by atoms with van der Waals surface area (Å²) in [5.74, 6) is 0.610. The van der Waals surface area contributed by atoms with Crippen molar-refractivity contribution < 1.29 is 14.1 Å². The molecule has 0 spiro atoms. The predicted octanol–water partition coefficient (Wildman–Crippen LogP) is 4.14. The molecule has 6 heteroatoms. The number of carbonyl (C=O) groups is 2. The van der Waals surface area contributed by atoms with E-state index in [0.717, 1.165) is 10.4 Å². The Labute approximate surface area is 155 Å². The predicted molar refractivity (Wildman–Crippen MR) is 99.2 cm³/mol. The van der Waals surface area contributed by atoms with E-state index < -0.39 is 0 Å². The number of hydrogen-bond acceptors (Lipinski definition) is 5. The van der Waals surface area contributed by atoms with E-state index in [4.69, 9.17) is 4.52 Å². The van der Waals surface area contributed by atoms with Gasteiger partial charge in [0.15, 0.2) is 17.2 Å². The number of benzene rings is 1. The van der Waals surface area contributed by atoms with Gasteiger partial charge in [0.2, 0.25) is 0 Å². The first-order valence-electron chi connectivity index (χ1n) is 8.61. The van der Waals surface area contributed by atoms with E-state index in [1.807, 2.05) is 47.8 Å². The number of thiophene rings is 1. The van der Waals surface area contributed by atoms with Crippen LogP contribution in [0.2, 0.25) is 0 Å². The summed E-state index contributed by atoms with van der Waals surface area (Å²) < 4.78 is 5.30. The zero-order chi connectivity index (χ0) is 17.9. The Morgan fingerprint density at radius 1 is 1.08 bits per heavy atom. The van der Waals surface area contributed by atoms with Gasteiger partial charge in [-0.2, -0.15) is 0 Å². The maximum Gasteiger partial charge on any atom is 0.276 e. The minimum absolute atomic E-state index is 0.0274. The summed E-state index contributed by atoms with van der Waals surface area (Å²) in [5.41, 5.74) is 1.07. The lowest BCUT2D eigenvalue weighted by Crippen LogP contribution is -2.40. The van der Waals surface area contributed by atoms with Crippen LogP contribution in [0.3, 0.4) is 0 Å². The fourth-order valence-electron chi connectivity index (χ4n) is 3.26. The van der Waals surface area contributed by atoms with Gasteiger partial charge < -0.3 is 9.42 Å². The molecule has 1 saturated heterocycles. The van der Waals surface area contributed by atoms with Crippen molar-refractivity contribution in [3.05, 3.63) is 65.2 Å². The second-order valence-corrected chi connectivity index (χ2v) is 7.30. The molecule has 4 rings (SSSR count). The van der Waals surface area contributed by atoms with Crippen LogP contribution in [0.5, 0.6) is 0 Å². The molecule has 1 aromatic carbocycles. The topological polar surface area (TPSA) is 63.4 Å². The molecule has 3 heterocycles. The first-order valence-corrected chi connectivity index (χ1v) is 9.49. The molecule has 3 aromatic rings. The molecule has 0 N–H and O–H groups in total. The van der Waals surface area contributed by atoms with Gasteiger partial charge in [-0.1, -0.05) is 41.6 Å². The van der Waals surface area contributed by atoms with Crippen molar-refractivity contribution in [3.63, 3.8) is 0 Å². The van der Waals surface area contributed by atoms with Crippen LogP contribution < -0.4 is 0 Å². The molecule has 5 nitrogen and oxygen atoms in total. The van der Waals surface area contributed by atoms with E-state index in [1.54, 1.807) is 22.3 Å². The highest BCUT2D eigenvalue weighted by molar-refractivity contribution is 7.13. The highest BCUT2D eigenvalue weighted by Crippen LogP contribution is 2.27. The lowest BCUT2D eigenvalue weighted by molar-refractivity contribution is 0.0642. The molecule has 1 fully saturated rings. The quantitative estimate of drug-likeness (QED) is 0.651. The average molecular weight is 366 g/mol. The third-order valence-corrected chi connectivity index (χ3v) is 5.59. The molecule has 0 saturated carbocycles. The lowest BCUT2D eigenvalue weighted by atomic mass is 9.89. The minimum Gasteiger partial charge on any atom is -0.355 e. The largest absolute Gasteiger partial charge is 0.355 e. The molecular formula is C20H18N2O3S. The average Bonchev–Trinajstić information content (AvgIpc) is 3.39. The highest BCUT2D eigenvalue weighted by atomic mass is 32.1. The van der Waals surface area contributed by atoms with Gasteiger partial charge in [-0.25, -0.2) is 0 Å². The van der Waals surface area contributed by atoms with Crippen LogP contribution in [0.15, 0.2) is 58.4 Å². The van der Waals surface area contributed by atoms with E-state index in [-0.39, 0.29) is 17.6 Å². The normalized spacial score (nSPS) is 15.2. The van der Waals surface area contributed by atoms with Crippen molar-refractivity contribution in [1.29, 1.82) is 0 Å². The Morgan fingerprint density at radius 2 is 1.85 bits per heavy atom. The van der Waals surface area contributed by atoms with Crippen LogP contribution in [0.1, 0.15) is 33.7 Å². The van der Waals surface area contributed by atoms with Crippen molar-refractivity contribution in [3.8, 4) is 10.6 Å². The number of ketones is 1. The fraction of sp³-hybridized carbons (Fsp3) is 0.250. The molecule has 0 bridgehead atoms. The summed E-state index contributed by atoms with van der Waals surface area (Å²) in [7, 11) is 0. The van der Waals surface area contributed by atoms with Crippen LogP contribution in [0, 0.1) is 5.92 Å². The van der Waals surface area contributed by atoms with E-state index in [1.165, 1.54) is 0 Å². The van der Waals surface area contributed by atoms with Gasteiger partial charge in [0.05, 0.1) is 4.88 Å². The number of carbonyl (C=O) groups excluding carboxylic acids is 2. The Hall–Kier alpha value is -2.73. The molecule has 0 aliphatic carbocycles. The lowest BCUT2D eigenvalue weighted by Gasteiger charge is -2.30. The number of Topliss-reactive ketones (excluding diaryl/α,β-unsaturated/α-hetero) is 1. The highest BCUT2D eigenvalue weighted by Gasteiger charge is 2.29. The summed E-state index contributed by atoms with van der Waals surface area (Å²) in [6.45, 7) is 1.12. The number of hydrogen-bond donors (Lipinski definition) is 0. The summed E-state index contributed by atoms with van der Waals surface area (Å²) in [6, 6.07) is 14.9. The number of rotatable bonds is 4. The first-order chi connectivity index (χ1) is 12.7. The van der Waals surface area contributed by atoms with E-state index in [0.29, 0.717) is 37.4 Å². The number of likely N-dealkylation sites (tertiary alicyclic amines) is 1.